The quantitative estimate of drug-likeness (QED) is 0.775. The van der Waals surface area contributed by atoms with Crippen LogP contribution in [-0.2, 0) is 22.5 Å². The van der Waals surface area contributed by atoms with E-state index in [-0.39, 0.29) is 5.91 Å². The maximum absolute atomic E-state index is 12.3. The first-order chi connectivity index (χ1) is 9.72. The van der Waals surface area contributed by atoms with Gasteiger partial charge in [-0.2, -0.15) is 5.10 Å². The Bertz CT molecular complexity index is 480. The number of aryl methyl sites for hydroxylation is 1. The Hall–Kier alpha value is -1.40. The summed E-state index contributed by atoms with van der Waals surface area (Å²) >= 11 is 0. The molecular formula is C14H22N4O2. The zero-order valence-corrected chi connectivity index (χ0v) is 12.0. The molecule has 0 N–H and O–H groups in total. The third-order valence-electron chi connectivity index (χ3n) is 4.05. The highest BCUT2D eigenvalue weighted by Crippen LogP contribution is 2.11. The maximum atomic E-state index is 12.3. The summed E-state index contributed by atoms with van der Waals surface area (Å²) in [5.74, 6) is 0.181. The number of fused-ring (bicyclic) bond motifs is 1. The topological polar surface area (TPSA) is 50.6 Å². The molecule has 0 atom stereocenters. The van der Waals surface area contributed by atoms with Gasteiger partial charge in [-0.25, -0.2) is 0 Å². The van der Waals surface area contributed by atoms with Crippen molar-refractivity contribution in [2.45, 2.75) is 19.9 Å². The zero-order valence-electron chi connectivity index (χ0n) is 12.0. The lowest BCUT2D eigenvalue weighted by atomic mass is 10.2. The molecule has 20 heavy (non-hydrogen) atoms. The molecule has 1 amide bonds. The van der Waals surface area contributed by atoms with Crippen molar-refractivity contribution in [2.75, 3.05) is 45.9 Å². The second-order valence-electron chi connectivity index (χ2n) is 5.52. The van der Waals surface area contributed by atoms with Gasteiger partial charge in [0.25, 0.3) is 0 Å². The van der Waals surface area contributed by atoms with Crippen LogP contribution in [0.5, 0.6) is 0 Å². The van der Waals surface area contributed by atoms with Gasteiger partial charge < -0.3 is 9.64 Å². The Kier molecular flexibility index (Phi) is 4.03. The first-order valence-electron chi connectivity index (χ1n) is 7.33. The first kappa shape index (κ1) is 13.6. The SMILES string of the molecule is Cc1cc2n(n1)CC(=O)N(CCN1CCOCC1)CC2. The molecular weight excluding hydrogens is 256 g/mol. The molecule has 6 heteroatoms. The standard InChI is InChI=1S/C14H22N4O2/c1-12-10-13-2-3-17(14(19)11-18(13)15-12)5-4-16-6-8-20-9-7-16/h10H,2-9,11H2,1H3. The summed E-state index contributed by atoms with van der Waals surface area (Å²) in [7, 11) is 0. The van der Waals surface area contributed by atoms with Crippen LogP contribution in [0.3, 0.4) is 0 Å². The van der Waals surface area contributed by atoms with Crippen LogP contribution in [0.15, 0.2) is 6.07 Å². The summed E-state index contributed by atoms with van der Waals surface area (Å²) in [4.78, 5) is 16.6. The summed E-state index contributed by atoms with van der Waals surface area (Å²) in [6.07, 6.45) is 0.899. The largest absolute Gasteiger partial charge is 0.379 e. The van der Waals surface area contributed by atoms with Gasteiger partial charge in [-0.05, 0) is 13.0 Å². The molecule has 1 aromatic heterocycles. The Labute approximate surface area is 119 Å². The molecule has 1 aromatic rings. The molecule has 3 heterocycles. The summed E-state index contributed by atoms with van der Waals surface area (Å²) < 4.78 is 7.20. The van der Waals surface area contributed by atoms with Crippen LogP contribution in [0.25, 0.3) is 0 Å². The molecule has 3 rings (SSSR count). The molecule has 0 unspecified atom stereocenters. The minimum Gasteiger partial charge on any atom is -0.379 e. The van der Waals surface area contributed by atoms with E-state index in [1.54, 1.807) is 0 Å². The lowest BCUT2D eigenvalue weighted by molar-refractivity contribution is -0.131. The number of morpholine rings is 1. The fourth-order valence-electron chi connectivity index (χ4n) is 2.86. The molecule has 0 aromatic carbocycles. The van der Waals surface area contributed by atoms with E-state index in [2.05, 4.69) is 16.1 Å². The first-order valence-corrected chi connectivity index (χ1v) is 7.33. The number of hydrogen-bond donors (Lipinski definition) is 0. The van der Waals surface area contributed by atoms with E-state index in [0.717, 1.165) is 58.1 Å². The predicted molar refractivity (Wildman–Crippen MR) is 74.5 cm³/mol. The van der Waals surface area contributed by atoms with Gasteiger partial charge in [0, 0.05) is 44.8 Å². The average molecular weight is 278 g/mol. The molecule has 1 saturated heterocycles. The predicted octanol–water partition coefficient (Wildman–Crippen LogP) is -0.0916. The van der Waals surface area contributed by atoms with E-state index >= 15 is 0 Å². The summed E-state index contributed by atoms with van der Waals surface area (Å²) in [6.45, 7) is 8.47. The fourth-order valence-corrected chi connectivity index (χ4v) is 2.86. The van der Waals surface area contributed by atoms with E-state index in [1.165, 1.54) is 5.69 Å². The third-order valence-corrected chi connectivity index (χ3v) is 4.05. The maximum Gasteiger partial charge on any atom is 0.244 e. The number of amides is 1. The van der Waals surface area contributed by atoms with Crippen molar-refractivity contribution in [1.82, 2.24) is 19.6 Å². The van der Waals surface area contributed by atoms with Crippen molar-refractivity contribution in [2.24, 2.45) is 0 Å². The number of aromatic nitrogens is 2. The van der Waals surface area contributed by atoms with Gasteiger partial charge in [-0.15, -0.1) is 0 Å². The Morgan fingerprint density at radius 1 is 1.25 bits per heavy atom. The summed E-state index contributed by atoms with van der Waals surface area (Å²) in [6, 6.07) is 2.08. The van der Waals surface area contributed by atoms with Crippen molar-refractivity contribution in [1.29, 1.82) is 0 Å². The minimum atomic E-state index is 0.181. The van der Waals surface area contributed by atoms with Gasteiger partial charge in [-0.3, -0.25) is 14.4 Å². The van der Waals surface area contributed by atoms with E-state index in [4.69, 9.17) is 4.74 Å². The second kappa shape index (κ2) is 5.93. The molecule has 0 bridgehead atoms. The number of carbonyl (C=O) groups is 1. The highest BCUT2D eigenvalue weighted by atomic mass is 16.5. The highest BCUT2D eigenvalue weighted by molar-refractivity contribution is 5.76. The van der Waals surface area contributed by atoms with Crippen molar-refractivity contribution >= 4 is 5.91 Å². The van der Waals surface area contributed by atoms with Gasteiger partial charge in [0.15, 0.2) is 0 Å². The molecule has 2 aliphatic heterocycles. The lowest BCUT2D eigenvalue weighted by Gasteiger charge is -2.29. The van der Waals surface area contributed by atoms with Gasteiger partial charge >= 0.3 is 0 Å². The van der Waals surface area contributed by atoms with Crippen LogP contribution in [0.1, 0.15) is 11.4 Å². The lowest BCUT2D eigenvalue weighted by Crippen LogP contribution is -2.43. The van der Waals surface area contributed by atoms with Crippen LogP contribution in [0.2, 0.25) is 0 Å². The molecule has 0 aliphatic carbocycles. The molecule has 2 aliphatic rings. The van der Waals surface area contributed by atoms with Crippen molar-refractivity contribution in [3.63, 3.8) is 0 Å². The highest BCUT2D eigenvalue weighted by Gasteiger charge is 2.22. The van der Waals surface area contributed by atoms with Crippen LogP contribution in [0, 0.1) is 6.92 Å². The van der Waals surface area contributed by atoms with Crippen LogP contribution in [0.4, 0.5) is 0 Å². The molecule has 0 saturated carbocycles. The number of ether oxygens (including phenoxy) is 1. The van der Waals surface area contributed by atoms with Gasteiger partial charge in [0.2, 0.25) is 5.91 Å². The van der Waals surface area contributed by atoms with Crippen molar-refractivity contribution in [3.05, 3.63) is 17.5 Å². The smallest absolute Gasteiger partial charge is 0.244 e. The van der Waals surface area contributed by atoms with Crippen LogP contribution >= 0.6 is 0 Å². The van der Waals surface area contributed by atoms with Crippen LogP contribution in [-0.4, -0.2) is 71.4 Å². The normalized spacial score (nSPS) is 20.9. The van der Waals surface area contributed by atoms with Crippen molar-refractivity contribution < 1.29 is 9.53 Å². The fraction of sp³-hybridized carbons (Fsp3) is 0.714. The molecule has 110 valence electrons. The van der Waals surface area contributed by atoms with Crippen LogP contribution < -0.4 is 0 Å². The number of hydrogen-bond acceptors (Lipinski definition) is 4. The van der Waals surface area contributed by atoms with Crippen molar-refractivity contribution in [3.8, 4) is 0 Å². The number of carbonyl (C=O) groups excluding carboxylic acids is 1. The Morgan fingerprint density at radius 3 is 2.85 bits per heavy atom. The van der Waals surface area contributed by atoms with E-state index in [0.29, 0.717) is 6.54 Å². The Morgan fingerprint density at radius 2 is 2.05 bits per heavy atom. The van der Waals surface area contributed by atoms with Gasteiger partial charge in [0.1, 0.15) is 6.54 Å². The van der Waals surface area contributed by atoms with Gasteiger partial charge in [0.05, 0.1) is 18.9 Å². The molecule has 6 nitrogen and oxygen atoms in total. The molecule has 0 radical (unpaired) electrons. The molecule has 1 fully saturated rings. The monoisotopic (exact) mass is 278 g/mol. The van der Waals surface area contributed by atoms with Gasteiger partial charge in [-0.1, -0.05) is 0 Å². The number of nitrogens with zero attached hydrogens (tertiary/aromatic N) is 4. The summed E-state index contributed by atoms with van der Waals surface area (Å²) in [5.41, 5.74) is 2.17. The van der Waals surface area contributed by atoms with E-state index in [9.17, 15) is 4.79 Å². The average Bonchev–Trinajstić information content (AvgIpc) is 2.72. The van der Waals surface area contributed by atoms with E-state index in [1.807, 2.05) is 16.5 Å². The second-order valence-corrected chi connectivity index (χ2v) is 5.52. The molecule has 0 spiro atoms. The van der Waals surface area contributed by atoms with E-state index < -0.39 is 0 Å². The zero-order chi connectivity index (χ0) is 13.9. The third kappa shape index (κ3) is 3.02. The summed E-state index contributed by atoms with van der Waals surface area (Å²) in [5, 5.41) is 4.39. The number of rotatable bonds is 3. The Balaban J connectivity index is 1.56. The minimum absolute atomic E-state index is 0.181.